The number of rotatable bonds is 3. The summed E-state index contributed by atoms with van der Waals surface area (Å²) in [5.41, 5.74) is 3.15. The standard InChI is InChI=1S/C20H28O2/c1-12-17(21)14-8-9-19(2,3)18(22)16(14)15(20(12)10-11-20)7-6-13-4-5-13/h13-14,17,21H,1,4-11H2,2-3H3. The third-order valence-electron chi connectivity index (χ3n) is 6.82. The number of Topliss-reactive ketones (excluding diaryl/α,β-unsaturated/α-hetero) is 1. The highest BCUT2D eigenvalue weighted by atomic mass is 16.3. The molecule has 3 saturated carbocycles. The second-order valence-corrected chi connectivity index (χ2v) is 8.78. The molecule has 22 heavy (non-hydrogen) atoms. The molecule has 2 atom stereocenters. The number of ketones is 1. The summed E-state index contributed by atoms with van der Waals surface area (Å²) >= 11 is 0. The molecular weight excluding hydrogens is 272 g/mol. The summed E-state index contributed by atoms with van der Waals surface area (Å²) in [7, 11) is 0. The first-order chi connectivity index (χ1) is 10.4. The Kier molecular flexibility index (Phi) is 3.05. The minimum absolute atomic E-state index is 0.0107. The van der Waals surface area contributed by atoms with Crippen molar-refractivity contribution in [3.05, 3.63) is 23.3 Å². The van der Waals surface area contributed by atoms with Crippen LogP contribution in [0.4, 0.5) is 0 Å². The number of carbonyl (C=O) groups is 1. The molecule has 0 saturated heterocycles. The molecule has 2 heteroatoms. The number of hydrogen-bond acceptors (Lipinski definition) is 2. The van der Waals surface area contributed by atoms with Crippen LogP contribution in [0.15, 0.2) is 23.3 Å². The van der Waals surface area contributed by atoms with Crippen LogP contribution in [0, 0.1) is 22.7 Å². The van der Waals surface area contributed by atoms with Crippen LogP contribution in [0.1, 0.15) is 65.2 Å². The van der Waals surface area contributed by atoms with E-state index in [-0.39, 0.29) is 16.7 Å². The van der Waals surface area contributed by atoms with Crippen molar-refractivity contribution in [2.24, 2.45) is 22.7 Å². The molecule has 120 valence electrons. The van der Waals surface area contributed by atoms with Crippen molar-refractivity contribution in [3.63, 3.8) is 0 Å². The third kappa shape index (κ3) is 1.99. The Bertz CT molecular complexity index is 573. The van der Waals surface area contributed by atoms with Gasteiger partial charge in [-0.25, -0.2) is 0 Å². The predicted octanol–water partition coefficient (Wildman–Crippen LogP) is 4.19. The summed E-state index contributed by atoms with van der Waals surface area (Å²) in [4.78, 5) is 13.1. The van der Waals surface area contributed by atoms with E-state index in [2.05, 4.69) is 20.4 Å². The Morgan fingerprint density at radius 2 is 1.86 bits per heavy atom. The van der Waals surface area contributed by atoms with E-state index in [9.17, 15) is 9.90 Å². The van der Waals surface area contributed by atoms with Crippen molar-refractivity contribution in [1.29, 1.82) is 0 Å². The second-order valence-electron chi connectivity index (χ2n) is 8.78. The maximum atomic E-state index is 13.1. The normalized spacial score (nSPS) is 35.8. The number of aliphatic hydroxyl groups excluding tert-OH is 1. The first-order valence-corrected chi connectivity index (χ1v) is 9.02. The monoisotopic (exact) mass is 300 g/mol. The van der Waals surface area contributed by atoms with Gasteiger partial charge >= 0.3 is 0 Å². The molecule has 0 bridgehead atoms. The Hall–Kier alpha value is -0.890. The minimum atomic E-state index is -0.498. The molecular formula is C20H28O2. The van der Waals surface area contributed by atoms with E-state index in [1.165, 1.54) is 24.8 Å². The van der Waals surface area contributed by atoms with Crippen LogP contribution in [-0.2, 0) is 4.79 Å². The lowest BCUT2D eigenvalue weighted by molar-refractivity contribution is -0.127. The summed E-state index contributed by atoms with van der Waals surface area (Å²) in [6.07, 6.45) is 8.50. The van der Waals surface area contributed by atoms with Crippen molar-refractivity contribution in [1.82, 2.24) is 0 Å². The Morgan fingerprint density at radius 3 is 2.45 bits per heavy atom. The van der Waals surface area contributed by atoms with Crippen molar-refractivity contribution in [3.8, 4) is 0 Å². The summed E-state index contributed by atoms with van der Waals surface area (Å²) in [5, 5.41) is 10.8. The number of aliphatic hydroxyl groups is 1. The molecule has 0 aromatic heterocycles. The van der Waals surface area contributed by atoms with Gasteiger partial charge in [-0.3, -0.25) is 4.79 Å². The summed E-state index contributed by atoms with van der Waals surface area (Å²) in [6, 6.07) is 0. The number of allylic oxidation sites excluding steroid dienone is 1. The van der Waals surface area contributed by atoms with E-state index in [1.54, 1.807) is 0 Å². The Balaban J connectivity index is 1.79. The first kappa shape index (κ1) is 14.7. The zero-order valence-corrected chi connectivity index (χ0v) is 14.0. The summed E-state index contributed by atoms with van der Waals surface area (Å²) < 4.78 is 0. The summed E-state index contributed by atoms with van der Waals surface area (Å²) in [5.74, 6) is 1.22. The van der Waals surface area contributed by atoms with Gasteiger partial charge in [0, 0.05) is 22.3 Å². The van der Waals surface area contributed by atoms with Crippen LogP contribution in [0.25, 0.3) is 0 Å². The highest BCUT2D eigenvalue weighted by Crippen LogP contribution is 2.65. The van der Waals surface area contributed by atoms with Crippen molar-refractivity contribution in [2.45, 2.75) is 71.3 Å². The van der Waals surface area contributed by atoms with Crippen LogP contribution in [-0.4, -0.2) is 17.0 Å². The molecule has 0 aromatic rings. The van der Waals surface area contributed by atoms with Crippen LogP contribution >= 0.6 is 0 Å². The zero-order valence-electron chi connectivity index (χ0n) is 14.0. The number of fused-ring (bicyclic) bond motifs is 1. The highest BCUT2D eigenvalue weighted by Gasteiger charge is 2.58. The molecule has 1 spiro atoms. The maximum Gasteiger partial charge on any atom is 0.164 e. The SMILES string of the molecule is C=C1C(O)C2CCC(C)(C)C(=O)C2=C(CCC2CC2)C12CC2. The van der Waals surface area contributed by atoms with E-state index in [4.69, 9.17) is 0 Å². The smallest absolute Gasteiger partial charge is 0.164 e. The average Bonchev–Trinajstić information content (AvgIpc) is 3.35. The largest absolute Gasteiger partial charge is 0.388 e. The van der Waals surface area contributed by atoms with Gasteiger partial charge in [0.1, 0.15) is 0 Å². The minimum Gasteiger partial charge on any atom is -0.388 e. The van der Waals surface area contributed by atoms with Crippen LogP contribution < -0.4 is 0 Å². The Morgan fingerprint density at radius 1 is 1.18 bits per heavy atom. The molecule has 4 rings (SSSR count). The molecule has 0 heterocycles. The van der Waals surface area contributed by atoms with Crippen LogP contribution in [0.5, 0.6) is 0 Å². The van der Waals surface area contributed by atoms with E-state index in [0.717, 1.165) is 49.2 Å². The quantitative estimate of drug-likeness (QED) is 0.794. The van der Waals surface area contributed by atoms with Gasteiger partial charge in [-0.15, -0.1) is 0 Å². The van der Waals surface area contributed by atoms with Crippen molar-refractivity contribution >= 4 is 5.78 Å². The molecule has 2 unspecified atom stereocenters. The molecule has 4 aliphatic carbocycles. The highest BCUT2D eigenvalue weighted by molar-refractivity contribution is 6.02. The van der Waals surface area contributed by atoms with Gasteiger partial charge in [-0.2, -0.15) is 0 Å². The molecule has 1 N–H and O–H groups in total. The van der Waals surface area contributed by atoms with Gasteiger partial charge in [0.05, 0.1) is 6.10 Å². The molecule has 2 nitrogen and oxygen atoms in total. The lowest BCUT2D eigenvalue weighted by Gasteiger charge is -2.45. The lowest BCUT2D eigenvalue weighted by atomic mass is 9.59. The second kappa shape index (κ2) is 4.56. The zero-order chi connectivity index (χ0) is 15.7. The third-order valence-corrected chi connectivity index (χ3v) is 6.82. The average molecular weight is 300 g/mol. The van der Waals surface area contributed by atoms with E-state index < -0.39 is 6.10 Å². The lowest BCUT2D eigenvalue weighted by Crippen LogP contribution is -2.45. The topological polar surface area (TPSA) is 37.3 Å². The maximum absolute atomic E-state index is 13.1. The predicted molar refractivity (Wildman–Crippen MR) is 87.3 cm³/mol. The van der Waals surface area contributed by atoms with Gasteiger partial charge in [-0.05, 0) is 50.0 Å². The van der Waals surface area contributed by atoms with E-state index >= 15 is 0 Å². The van der Waals surface area contributed by atoms with Gasteiger partial charge in [-0.1, -0.05) is 38.8 Å². The Labute approximate surface area is 133 Å². The number of carbonyl (C=O) groups excluding carboxylic acids is 1. The van der Waals surface area contributed by atoms with Gasteiger partial charge in [0.15, 0.2) is 5.78 Å². The number of hydrogen-bond donors (Lipinski definition) is 1. The fourth-order valence-electron chi connectivity index (χ4n) is 4.84. The molecule has 0 aromatic carbocycles. The van der Waals surface area contributed by atoms with Crippen LogP contribution in [0.2, 0.25) is 0 Å². The molecule has 4 aliphatic rings. The first-order valence-electron chi connectivity index (χ1n) is 9.02. The molecule has 0 amide bonds. The fourth-order valence-corrected chi connectivity index (χ4v) is 4.84. The fraction of sp³-hybridized carbons (Fsp3) is 0.750. The summed E-state index contributed by atoms with van der Waals surface area (Å²) in [6.45, 7) is 8.41. The van der Waals surface area contributed by atoms with E-state index in [1.807, 2.05) is 0 Å². The molecule has 0 aliphatic heterocycles. The van der Waals surface area contributed by atoms with Crippen molar-refractivity contribution < 1.29 is 9.90 Å². The van der Waals surface area contributed by atoms with Gasteiger partial charge in [0.2, 0.25) is 0 Å². The van der Waals surface area contributed by atoms with Gasteiger partial charge < -0.3 is 5.11 Å². The molecule has 0 radical (unpaired) electrons. The van der Waals surface area contributed by atoms with Crippen molar-refractivity contribution in [2.75, 3.05) is 0 Å². The van der Waals surface area contributed by atoms with Gasteiger partial charge in [0.25, 0.3) is 0 Å². The van der Waals surface area contributed by atoms with Crippen LogP contribution in [0.3, 0.4) is 0 Å². The molecule has 3 fully saturated rings. The van der Waals surface area contributed by atoms with E-state index in [0.29, 0.717) is 5.78 Å².